The van der Waals surface area contributed by atoms with E-state index >= 15 is 0 Å². The number of hydrogen-bond acceptors (Lipinski definition) is 14. The number of aromatic nitrogens is 1. The minimum Gasteiger partial charge on any atom is -0.479 e. The van der Waals surface area contributed by atoms with E-state index in [0.29, 0.717) is 4.91 Å². The zero-order valence-corrected chi connectivity index (χ0v) is 23.0. The van der Waals surface area contributed by atoms with Crippen molar-refractivity contribution >= 4 is 81.5 Å². The number of oxime groups is 1. The molecule has 1 saturated heterocycles. The Morgan fingerprint density at radius 1 is 1.24 bits per heavy atom. The molecule has 2 aliphatic rings. The second kappa shape index (κ2) is 14.6. The number of rotatable bonds is 11. The number of fused-ring (bicyclic) bond motifs is 1. The number of nitrogens with zero attached hydrogens (tertiary/aromatic N) is 3. The third-order valence-electron chi connectivity index (χ3n) is 4.59. The predicted octanol–water partition coefficient (Wildman–Crippen LogP) is -0.311. The van der Waals surface area contributed by atoms with Crippen molar-refractivity contribution in [1.29, 1.82) is 0 Å². The number of carboxylic acids is 3. The van der Waals surface area contributed by atoms with Crippen LogP contribution in [0.2, 0.25) is 0 Å². The molecule has 0 aromatic carbocycles. The molecule has 23 heteroatoms. The topological polar surface area (TPSA) is 274 Å². The van der Waals surface area contributed by atoms with Crippen LogP contribution in [0.5, 0.6) is 0 Å². The fourth-order valence-corrected chi connectivity index (χ4v) is 5.99. The van der Waals surface area contributed by atoms with Gasteiger partial charge in [0.1, 0.15) is 29.4 Å². The van der Waals surface area contributed by atoms with Gasteiger partial charge < -0.3 is 41.7 Å². The SMILES string of the molecule is NC(=O)OCCSC1=C(C(=O)O)N2C(=O)[C@H](NC(=O)/C(=N\OCC(=O)O)c3csc(N)n3)[C@@H]2SC1.O=C(O)C(F)(F)F. The molecule has 0 unspecified atom stereocenters. The number of amides is 3. The highest BCUT2D eigenvalue weighted by Gasteiger charge is 2.54. The minimum absolute atomic E-state index is 0.0123. The number of nitrogens with two attached hydrogens (primary N) is 2. The molecule has 0 saturated carbocycles. The Labute approximate surface area is 244 Å². The lowest BCUT2D eigenvalue weighted by molar-refractivity contribution is -0.192. The van der Waals surface area contributed by atoms with Crippen LogP contribution in [-0.2, 0) is 33.5 Å². The van der Waals surface area contributed by atoms with E-state index < -0.39 is 65.7 Å². The summed E-state index contributed by atoms with van der Waals surface area (Å²) < 4.78 is 36.4. The maximum atomic E-state index is 12.9. The quantitative estimate of drug-likeness (QED) is 0.0768. The van der Waals surface area contributed by atoms with Crippen molar-refractivity contribution < 1.29 is 66.8 Å². The van der Waals surface area contributed by atoms with Crippen LogP contribution >= 0.6 is 34.9 Å². The van der Waals surface area contributed by atoms with E-state index in [1.165, 1.54) is 17.1 Å². The van der Waals surface area contributed by atoms with Crippen molar-refractivity contribution in [3.8, 4) is 0 Å². The largest absolute Gasteiger partial charge is 0.490 e. The number of β-lactam (4-membered cyclic amide) rings is 1. The molecule has 17 nitrogen and oxygen atoms in total. The average molecular weight is 661 g/mol. The van der Waals surface area contributed by atoms with Gasteiger partial charge in [0, 0.05) is 21.8 Å². The second-order valence-corrected chi connectivity index (χ2v) is 10.6. The molecule has 8 N–H and O–H groups in total. The predicted molar refractivity (Wildman–Crippen MR) is 138 cm³/mol. The molecular formula is C19H19F3N6O11S3. The van der Waals surface area contributed by atoms with Crippen LogP contribution in [0.1, 0.15) is 5.69 Å². The zero-order chi connectivity index (χ0) is 31.8. The van der Waals surface area contributed by atoms with Gasteiger partial charge in [0.05, 0.1) is 0 Å². The van der Waals surface area contributed by atoms with Crippen LogP contribution in [0.4, 0.5) is 23.1 Å². The van der Waals surface area contributed by atoms with Gasteiger partial charge >= 0.3 is 30.2 Å². The van der Waals surface area contributed by atoms with E-state index in [4.69, 9.17) is 26.5 Å². The van der Waals surface area contributed by atoms with Crippen LogP contribution in [0.3, 0.4) is 0 Å². The molecule has 0 bridgehead atoms. The molecular weight excluding hydrogens is 641 g/mol. The standard InChI is InChI=1S/C17H18N6O9S3.C2HF3O2/c18-16-20-6(4-35-16)9(22-32-3-8(24)25)12(26)21-10-13(27)23-11(15(28)29)7(5-34-14(10)23)33-2-1-31-17(19)30;3-2(4,5)1(6)7/h4,10,14H,1-3,5H2,(H2,18,20)(H2,19,30)(H,21,26)(H,24,25)(H,28,29);(H,6,7)/b22-9-;/t10-,14-;/m0./s1. The fourth-order valence-electron chi connectivity index (χ4n) is 2.97. The number of carbonyl (C=O) groups excluding carboxylic acids is 3. The molecule has 0 spiro atoms. The number of alkyl halides is 3. The zero-order valence-electron chi connectivity index (χ0n) is 20.5. The van der Waals surface area contributed by atoms with E-state index in [2.05, 4.69) is 25.0 Å². The summed E-state index contributed by atoms with van der Waals surface area (Å²) in [7, 11) is 0. The van der Waals surface area contributed by atoms with Crippen LogP contribution in [-0.4, -0.2) is 109 Å². The van der Waals surface area contributed by atoms with Crippen LogP contribution in [0, 0.1) is 0 Å². The van der Waals surface area contributed by atoms with Crippen molar-refractivity contribution in [1.82, 2.24) is 15.2 Å². The lowest BCUT2D eigenvalue weighted by Crippen LogP contribution is -2.71. The molecule has 3 heterocycles. The first kappa shape index (κ1) is 34.0. The summed E-state index contributed by atoms with van der Waals surface area (Å²) in [5, 5.41) is 32.3. The van der Waals surface area contributed by atoms with E-state index in [1.807, 2.05) is 0 Å². The van der Waals surface area contributed by atoms with E-state index in [0.717, 1.165) is 28.0 Å². The molecule has 42 heavy (non-hydrogen) atoms. The van der Waals surface area contributed by atoms with E-state index in [-0.39, 0.29) is 34.6 Å². The number of anilines is 1. The second-order valence-electron chi connectivity index (χ2n) is 7.43. The normalized spacial score (nSPS) is 18.1. The number of thiazole rings is 1. The van der Waals surface area contributed by atoms with Crippen molar-refractivity contribution in [2.75, 3.05) is 30.5 Å². The number of thioether (sulfide) groups is 2. The molecule has 3 amide bonds. The Morgan fingerprint density at radius 2 is 1.88 bits per heavy atom. The Bertz CT molecular complexity index is 1320. The number of hydrogen-bond donors (Lipinski definition) is 6. The molecule has 1 aromatic rings. The Hall–Kier alpha value is -4.25. The lowest BCUT2D eigenvalue weighted by Gasteiger charge is -2.49. The summed E-state index contributed by atoms with van der Waals surface area (Å²) in [6.07, 6.45) is -6.04. The van der Waals surface area contributed by atoms with Gasteiger partial charge in [-0.05, 0) is 0 Å². The first-order valence-electron chi connectivity index (χ1n) is 10.7. The van der Waals surface area contributed by atoms with Crippen LogP contribution in [0.25, 0.3) is 0 Å². The summed E-state index contributed by atoms with van der Waals surface area (Å²) in [6.45, 7) is -0.854. The van der Waals surface area contributed by atoms with Crippen molar-refractivity contribution in [3.05, 3.63) is 21.7 Å². The monoisotopic (exact) mass is 660 g/mol. The van der Waals surface area contributed by atoms with Crippen molar-refractivity contribution in [2.45, 2.75) is 17.6 Å². The van der Waals surface area contributed by atoms with Crippen molar-refractivity contribution in [3.63, 3.8) is 0 Å². The van der Waals surface area contributed by atoms with Gasteiger partial charge in [0.25, 0.3) is 11.8 Å². The molecule has 2 aliphatic heterocycles. The highest BCUT2D eigenvalue weighted by atomic mass is 32.2. The third kappa shape index (κ3) is 9.13. The van der Waals surface area contributed by atoms with E-state index in [1.54, 1.807) is 0 Å². The highest BCUT2D eigenvalue weighted by molar-refractivity contribution is 8.06. The molecule has 1 fully saturated rings. The fraction of sp³-hybridized carbons (Fsp3) is 0.368. The molecule has 230 valence electrons. The summed E-state index contributed by atoms with van der Waals surface area (Å²) in [4.78, 5) is 77.8. The van der Waals surface area contributed by atoms with Gasteiger partial charge in [-0.25, -0.2) is 24.2 Å². The number of carboxylic acid groups (broad SMARTS) is 3. The van der Waals surface area contributed by atoms with Crippen LogP contribution < -0.4 is 16.8 Å². The molecule has 0 aliphatic carbocycles. The van der Waals surface area contributed by atoms with E-state index in [9.17, 15) is 42.3 Å². The maximum Gasteiger partial charge on any atom is 0.490 e. The molecule has 1 aromatic heterocycles. The summed E-state index contributed by atoms with van der Waals surface area (Å²) in [5.41, 5.74) is 9.87. The van der Waals surface area contributed by atoms with Gasteiger partial charge in [-0.15, -0.1) is 34.9 Å². The minimum atomic E-state index is -5.08. The number of nitrogens with one attached hydrogen (secondary N) is 1. The number of halogens is 3. The Kier molecular flexibility index (Phi) is 11.8. The number of nitrogen functional groups attached to an aromatic ring is 1. The first-order chi connectivity index (χ1) is 19.5. The number of aliphatic carboxylic acids is 3. The molecule has 2 atom stereocenters. The van der Waals surface area contributed by atoms with Gasteiger partial charge in [-0.3, -0.25) is 14.5 Å². The highest BCUT2D eigenvalue weighted by Crippen LogP contribution is 2.43. The van der Waals surface area contributed by atoms with Gasteiger partial charge in [0.2, 0.25) is 6.61 Å². The van der Waals surface area contributed by atoms with Crippen LogP contribution in [0.15, 0.2) is 21.1 Å². The number of primary amides is 1. The van der Waals surface area contributed by atoms with Gasteiger partial charge in [0.15, 0.2) is 10.8 Å². The summed E-state index contributed by atoms with van der Waals surface area (Å²) in [6, 6.07) is -1.08. The lowest BCUT2D eigenvalue weighted by atomic mass is 10.0. The Balaban J connectivity index is 0.000000782. The number of ether oxygens (including phenoxy) is 1. The summed E-state index contributed by atoms with van der Waals surface area (Å²) in [5.74, 6) is -6.49. The third-order valence-corrected chi connectivity index (χ3v) is 7.79. The average Bonchev–Trinajstić information content (AvgIpc) is 3.32. The molecule has 3 rings (SSSR count). The van der Waals surface area contributed by atoms with Gasteiger partial charge in [-0.1, -0.05) is 5.16 Å². The molecule has 0 radical (unpaired) electrons. The smallest absolute Gasteiger partial charge is 0.479 e. The van der Waals surface area contributed by atoms with Gasteiger partial charge in [-0.2, -0.15) is 13.2 Å². The number of carbonyl (C=O) groups is 6. The maximum absolute atomic E-state index is 12.9. The first-order valence-corrected chi connectivity index (χ1v) is 13.7. The Morgan fingerprint density at radius 3 is 2.38 bits per heavy atom. The van der Waals surface area contributed by atoms with Crippen molar-refractivity contribution in [2.24, 2.45) is 10.9 Å². The summed E-state index contributed by atoms with van der Waals surface area (Å²) >= 11 is 3.34.